The van der Waals surface area contributed by atoms with Gasteiger partial charge in [-0.25, -0.2) is 9.78 Å². The van der Waals surface area contributed by atoms with E-state index in [2.05, 4.69) is 4.98 Å². The molecule has 2 rings (SSSR count). The summed E-state index contributed by atoms with van der Waals surface area (Å²) in [6, 6.07) is 9.39. The molecule has 0 aliphatic heterocycles. The van der Waals surface area contributed by atoms with Gasteiger partial charge in [0.1, 0.15) is 5.75 Å². The lowest BCUT2D eigenvalue weighted by Crippen LogP contribution is -1.94. The summed E-state index contributed by atoms with van der Waals surface area (Å²) in [4.78, 5) is 14.7. The second kappa shape index (κ2) is 6.02. The van der Waals surface area contributed by atoms with Crippen LogP contribution >= 0.6 is 0 Å². The second-order valence-electron chi connectivity index (χ2n) is 4.44. The third kappa shape index (κ3) is 3.45. The summed E-state index contributed by atoms with van der Waals surface area (Å²) in [5, 5.41) is 8.69. The first-order valence-electron chi connectivity index (χ1n) is 6.17. The Labute approximate surface area is 117 Å². The number of carboxylic acid groups (broad SMARTS) is 1. The molecule has 0 bridgehead atoms. The second-order valence-corrected chi connectivity index (χ2v) is 4.44. The lowest BCUT2D eigenvalue weighted by molar-refractivity contribution is -0.131. The van der Waals surface area contributed by atoms with Crippen molar-refractivity contribution in [2.45, 2.75) is 13.8 Å². The molecule has 0 saturated carbocycles. The lowest BCUT2D eigenvalue weighted by Gasteiger charge is -2.10. The zero-order valence-corrected chi connectivity index (χ0v) is 11.3. The van der Waals surface area contributed by atoms with Crippen LogP contribution in [0.4, 0.5) is 0 Å². The third-order valence-electron chi connectivity index (χ3n) is 2.76. The van der Waals surface area contributed by atoms with Crippen LogP contribution in [0.3, 0.4) is 0 Å². The van der Waals surface area contributed by atoms with Gasteiger partial charge in [0.15, 0.2) is 0 Å². The minimum Gasteiger partial charge on any atom is -0.478 e. The molecule has 0 radical (unpaired) electrons. The van der Waals surface area contributed by atoms with Gasteiger partial charge in [-0.15, -0.1) is 0 Å². The van der Waals surface area contributed by atoms with Crippen molar-refractivity contribution < 1.29 is 14.6 Å². The number of aromatic nitrogens is 1. The highest BCUT2D eigenvalue weighted by Gasteiger charge is 2.06. The standard InChI is InChI=1S/C16H15NO3/c1-11-5-6-12(2)14(10-11)20-16-13(4-3-9-17-16)7-8-15(18)19/h3-10H,1-2H3,(H,18,19)/b8-7+. The highest BCUT2D eigenvalue weighted by Crippen LogP contribution is 2.27. The normalized spacial score (nSPS) is 10.7. The summed E-state index contributed by atoms with van der Waals surface area (Å²) < 4.78 is 5.80. The van der Waals surface area contributed by atoms with Crippen molar-refractivity contribution >= 4 is 12.0 Å². The number of carbonyl (C=O) groups is 1. The van der Waals surface area contributed by atoms with Crippen molar-refractivity contribution in [3.05, 3.63) is 59.3 Å². The Morgan fingerprint density at radius 3 is 2.85 bits per heavy atom. The van der Waals surface area contributed by atoms with Gasteiger partial charge >= 0.3 is 5.97 Å². The summed E-state index contributed by atoms with van der Waals surface area (Å²) in [5.74, 6) is 0.0962. The largest absolute Gasteiger partial charge is 0.478 e. The van der Waals surface area contributed by atoms with Gasteiger partial charge in [-0.3, -0.25) is 0 Å². The van der Waals surface area contributed by atoms with Gasteiger partial charge in [0.25, 0.3) is 0 Å². The topological polar surface area (TPSA) is 59.4 Å². The van der Waals surface area contributed by atoms with E-state index >= 15 is 0 Å². The number of rotatable bonds is 4. The number of benzene rings is 1. The Bertz CT molecular complexity index is 663. The van der Waals surface area contributed by atoms with E-state index in [1.54, 1.807) is 18.3 Å². The Kier molecular flexibility index (Phi) is 4.15. The molecule has 1 aromatic heterocycles. The molecule has 0 amide bonds. The number of carboxylic acids is 1. The molecule has 4 heteroatoms. The quantitative estimate of drug-likeness (QED) is 0.862. The van der Waals surface area contributed by atoms with Crippen LogP contribution in [-0.4, -0.2) is 16.1 Å². The van der Waals surface area contributed by atoms with Crippen molar-refractivity contribution in [3.63, 3.8) is 0 Å². The lowest BCUT2D eigenvalue weighted by atomic mass is 10.1. The molecule has 4 nitrogen and oxygen atoms in total. The van der Waals surface area contributed by atoms with Crippen molar-refractivity contribution in [1.82, 2.24) is 4.98 Å². The van der Waals surface area contributed by atoms with Crippen LogP contribution in [0.15, 0.2) is 42.6 Å². The van der Waals surface area contributed by atoms with E-state index in [1.807, 2.05) is 32.0 Å². The summed E-state index contributed by atoms with van der Waals surface area (Å²) in [5.41, 5.74) is 2.70. The molecule has 0 aliphatic rings. The predicted octanol–water partition coefficient (Wildman–Crippen LogP) is 3.59. The Balaban J connectivity index is 2.34. The molecule has 0 atom stereocenters. The summed E-state index contributed by atoms with van der Waals surface area (Å²) in [6.45, 7) is 3.93. The number of pyridine rings is 1. The van der Waals surface area contributed by atoms with Crippen LogP contribution in [-0.2, 0) is 4.79 Å². The molecule has 2 aromatic rings. The minimum absolute atomic E-state index is 0.388. The molecule has 0 aliphatic carbocycles. The van der Waals surface area contributed by atoms with Crippen molar-refractivity contribution in [2.75, 3.05) is 0 Å². The number of hydrogen-bond acceptors (Lipinski definition) is 3. The molecule has 0 unspecified atom stereocenters. The smallest absolute Gasteiger partial charge is 0.328 e. The molecule has 1 N–H and O–H groups in total. The highest BCUT2D eigenvalue weighted by atomic mass is 16.5. The van der Waals surface area contributed by atoms with E-state index in [-0.39, 0.29) is 0 Å². The number of aliphatic carboxylic acids is 1. The molecule has 102 valence electrons. The van der Waals surface area contributed by atoms with Gasteiger partial charge in [0.2, 0.25) is 5.88 Å². The molecule has 0 fully saturated rings. The number of nitrogens with zero attached hydrogens (tertiary/aromatic N) is 1. The Morgan fingerprint density at radius 2 is 2.10 bits per heavy atom. The average molecular weight is 269 g/mol. The van der Waals surface area contributed by atoms with E-state index in [1.165, 1.54) is 6.08 Å². The fourth-order valence-corrected chi connectivity index (χ4v) is 1.70. The van der Waals surface area contributed by atoms with Crippen LogP contribution < -0.4 is 4.74 Å². The summed E-state index contributed by atoms with van der Waals surface area (Å²) in [7, 11) is 0. The van der Waals surface area contributed by atoms with E-state index in [0.717, 1.165) is 17.2 Å². The van der Waals surface area contributed by atoms with Crippen LogP contribution in [0.1, 0.15) is 16.7 Å². The van der Waals surface area contributed by atoms with Gasteiger partial charge in [-0.1, -0.05) is 12.1 Å². The maximum absolute atomic E-state index is 10.6. The van der Waals surface area contributed by atoms with Gasteiger partial charge < -0.3 is 9.84 Å². The summed E-state index contributed by atoms with van der Waals surface area (Å²) >= 11 is 0. The van der Waals surface area contributed by atoms with Crippen molar-refractivity contribution in [2.24, 2.45) is 0 Å². The minimum atomic E-state index is -1.01. The zero-order valence-electron chi connectivity index (χ0n) is 11.3. The zero-order chi connectivity index (χ0) is 14.5. The third-order valence-corrected chi connectivity index (χ3v) is 2.76. The molecule has 1 heterocycles. The van der Waals surface area contributed by atoms with Gasteiger partial charge in [0, 0.05) is 17.8 Å². The molecule has 1 aromatic carbocycles. The van der Waals surface area contributed by atoms with E-state index in [9.17, 15) is 4.79 Å². The molecule has 20 heavy (non-hydrogen) atoms. The van der Waals surface area contributed by atoms with E-state index < -0.39 is 5.97 Å². The Hall–Kier alpha value is -2.62. The number of hydrogen-bond donors (Lipinski definition) is 1. The van der Waals surface area contributed by atoms with Crippen LogP contribution in [0.2, 0.25) is 0 Å². The van der Waals surface area contributed by atoms with E-state index in [4.69, 9.17) is 9.84 Å². The van der Waals surface area contributed by atoms with E-state index in [0.29, 0.717) is 17.2 Å². The molecular weight excluding hydrogens is 254 g/mol. The molecule has 0 spiro atoms. The number of aryl methyl sites for hydroxylation is 2. The molecule has 0 saturated heterocycles. The van der Waals surface area contributed by atoms with Crippen molar-refractivity contribution in [1.29, 1.82) is 0 Å². The highest BCUT2D eigenvalue weighted by molar-refractivity contribution is 5.85. The van der Waals surface area contributed by atoms with Gasteiger partial charge in [-0.2, -0.15) is 0 Å². The first-order chi connectivity index (χ1) is 9.56. The molecular formula is C16H15NO3. The van der Waals surface area contributed by atoms with Crippen LogP contribution in [0.25, 0.3) is 6.08 Å². The maximum atomic E-state index is 10.6. The van der Waals surface area contributed by atoms with Gasteiger partial charge in [-0.05, 0) is 49.2 Å². The fraction of sp³-hybridized carbons (Fsp3) is 0.125. The fourth-order valence-electron chi connectivity index (χ4n) is 1.70. The van der Waals surface area contributed by atoms with Crippen LogP contribution in [0.5, 0.6) is 11.6 Å². The average Bonchev–Trinajstić information content (AvgIpc) is 2.42. The van der Waals surface area contributed by atoms with Gasteiger partial charge in [0.05, 0.1) is 0 Å². The Morgan fingerprint density at radius 1 is 1.30 bits per heavy atom. The SMILES string of the molecule is Cc1ccc(C)c(Oc2ncccc2/C=C/C(=O)O)c1. The number of ether oxygens (including phenoxy) is 1. The van der Waals surface area contributed by atoms with Crippen molar-refractivity contribution in [3.8, 4) is 11.6 Å². The first kappa shape index (κ1) is 13.8. The monoisotopic (exact) mass is 269 g/mol. The maximum Gasteiger partial charge on any atom is 0.328 e. The summed E-state index contributed by atoms with van der Waals surface area (Å²) in [6.07, 6.45) is 4.14. The van der Waals surface area contributed by atoms with Crippen LogP contribution in [0, 0.1) is 13.8 Å². The predicted molar refractivity (Wildman–Crippen MR) is 76.9 cm³/mol. The first-order valence-corrected chi connectivity index (χ1v) is 6.17.